The Hall–Kier alpha value is -3.89. The van der Waals surface area contributed by atoms with Crippen LogP contribution in [0.1, 0.15) is 45.1 Å². The van der Waals surface area contributed by atoms with Gasteiger partial charge in [0.05, 0.1) is 6.54 Å². The van der Waals surface area contributed by atoms with Crippen molar-refractivity contribution < 1.29 is 14.4 Å². The van der Waals surface area contributed by atoms with E-state index in [2.05, 4.69) is 10.3 Å². The molecule has 2 aliphatic rings. The number of benzene rings is 1. The van der Waals surface area contributed by atoms with E-state index in [9.17, 15) is 24.0 Å². The van der Waals surface area contributed by atoms with Crippen molar-refractivity contribution in [3.05, 3.63) is 56.7 Å². The number of nitrogens with two attached hydrogens (primary N) is 1. The second-order valence-electron chi connectivity index (χ2n) is 9.26. The van der Waals surface area contributed by atoms with Crippen molar-refractivity contribution in [2.75, 3.05) is 23.7 Å². The van der Waals surface area contributed by atoms with Crippen LogP contribution >= 0.6 is 0 Å². The highest BCUT2D eigenvalue weighted by molar-refractivity contribution is 6.10. The summed E-state index contributed by atoms with van der Waals surface area (Å²) in [7, 11) is 0. The van der Waals surface area contributed by atoms with E-state index in [1.165, 1.54) is 9.47 Å². The molecule has 2 aromatic rings. The van der Waals surface area contributed by atoms with E-state index in [0.717, 1.165) is 23.3 Å². The first-order valence-electron chi connectivity index (χ1n) is 11.8. The minimum Gasteiger partial charge on any atom is -0.383 e. The molecule has 4 rings (SSSR count). The van der Waals surface area contributed by atoms with E-state index in [4.69, 9.17) is 5.73 Å². The van der Waals surface area contributed by atoms with Crippen molar-refractivity contribution in [1.29, 1.82) is 0 Å². The second kappa shape index (κ2) is 9.40. The number of aromatic nitrogens is 2. The summed E-state index contributed by atoms with van der Waals surface area (Å²) in [5.41, 5.74) is 4.37. The molecule has 1 unspecified atom stereocenters. The first kappa shape index (κ1) is 24.2. The van der Waals surface area contributed by atoms with Gasteiger partial charge in [-0.15, -0.1) is 0 Å². The standard InChI is InChI=1S/C24H30N6O5/c1-3-4-12-28(17(31)14-30-21(33)24(2,16-10-11-16)27-23(30)35)18-19(25)29(22(34)26-20(18)32)13-15-8-6-5-7-9-15/h5-9,16H,3-4,10-14,25H2,1-2H3,(H,27,35)(H,26,32,34). The number of urea groups is 1. The van der Waals surface area contributed by atoms with Crippen LogP contribution in [0.25, 0.3) is 0 Å². The summed E-state index contributed by atoms with van der Waals surface area (Å²) in [5, 5.41) is 2.71. The number of anilines is 2. The highest BCUT2D eigenvalue weighted by Gasteiger charge is 2.56. The van der Waals surface area contributed by atoms with Crippen molar-refractivity contribution in [2.45, 2.75) is 51.6 Å². The van der Waals surface area contributed by atoms with Gasteiger partial charge in [-0.05, 0) is 37.7 Å². The summed E-state index contributed by atoms with van der Waals surface area (Å²) in [4.78, 5) is 68.7. The Bertz CT molecular complexity index is 1270. The van der Waals surface area contributed by atoms with Crippen molar-refractivity contribution in [3.63, 3.8) is 0 Å². The van der Waals surface area contributed by atoms with Crippen molar-refractivity contribution >= 4 is 29.4 Å². The normalized spacial score (nSPS) is 19.7. The number of hydrogen-bond acceptors (Lipinski definition) is 6. The number of imide groups is 1. The summed E-state index contributed by atoms with van der Waals surface area (Å²) in [6.45, 7) is 3.29. The molecular formula is C24H30N6O5. The van der Waals surface area contributed by atoms with E-state index in [0.29, 0.717) is 12.8 Å². The maximum Gasteiger partial charge on any atom is 0.330 e. The summed E-state index contributed by atoms with van der Waals surface area (Å²) in [6, 6.07) is 8.45. The molecule has 186 valence electrons. The molecule has 11 heteroatoms. The Labute approximate surface area is 201 Å². The van der Waals surface area contributed by atoms with Crippen LogP contribution in [0.15, 0.2) is 39.9 Å². The van der Waals surface area contributed by atoms with Gasteiger partial charge in [-0.2, -0.15) is 0 Å². The molecule has 1 saturated carbocycles. The minimum absolute atomic E-state index is 0.0512. The number of carbonyl (C=O) groups is 3. The van der Waals surface area contributed by atoms with Gasteiger partial charge in [0.15, 0.2) is 5.69 Å². The highest BCUT2D eigenvalue weighted by atomic mass is 16.2. The zero-order chi connectivity index (χ0) is 25.3. The largest absolute Gasteiger partial charge is 0.383 e. The molecule has 2 fully saturated rings. The Balaban J connectivity index is 1.66. The summed E-state index contributed by atoms with van der Waals surface area (Å²) in [5.74, 6) is -1.20. The predicted octanol–water partition coefficient (Wildman–Crippen LogP) is 1.02. The fraction of sp³-hybridized carbons (Fsp3) is 0.458. The molecule has 1 aliphatic carbocycles. The van der Waals surface area contributed by atoms with Gasteiger partial charge >= 0.3 is 11.7 Å². The molecule has 4 amide bonds. The lowest BCUT2D eigenvalue weighted by Crippen LogP contribution is -2.48. The molecule has 0 spiro atoms. The highest BCUT2D eigenvalue weighted by Crippen LogP contribution is 2.42. The predicted molar refractivity (Wildman–Crippen MR) is 130 cm³/mol. The van der Waals surface area contributed by atoms with Crippen LogP contribution in [0, 0.1) is 5.92 Å². The third kappa shape index (κ3) is 4.58. The monoisotopic (exact) mass is 482 g/mol. The van der Waals surface area contributed by atoms with Crippen LogP contribution in [-0.2, 0) is 16.1 Å². The molecule has 1 aromatic carbocycles. The van der Waals surface area contributed by atoms with Crippen LogP contribution in [0.4, 0.5) is 16.3 Å². The lowest BCUT2D eigenvalue weighted by Gasteiger charge is -2.26. The number of nitrogens with one attached hydrogen (secondary N) is 2. The summed E-state index contributed by atoms with van der Waals surface area (Å²) >= 11 is 0. The average molecular weight is 483 g/mol. The van der Waals surface area contributed by atoms with Crippen LogP contribution in [0.3, 0.4) is 0 Å². The molecule has 35 heavy (non-hydrogen) atoms. The molecule has 4 N–H and O–H groups in total. The van der Waals surface area contributed by atoms with Gasteiger partial charge in [0, 0.05) is 6.54 Å². The number of hydrogen-bond donors (Lipinski definition) is 3. The minimum atomic E-state index is -1.02. The van der Waals surface area contributed by atoms with E-state index in [1.807, 2.05) is 37.3 Å². The van der Waals surface area contributed by atoms with Crippen LogP contribution < -0.4 is 27.2 Å². The lowest BCUT2D eigenvalue weighted by molar-refractivity contribution is -0.134. The lowest BCUT2D eigenvalue weighted by atomic mass is 9.96. The first-order valence-corrected chi connectivity index (χ1v) is 11.8. The quantitative estimate of drug-likeness (QED) is 0.454. The van der Waals surface area contributed by atoms with E-state index < -0.39 is 41.2 Å². The SMILES string of the molecule is CCCCN(C(=O)CN1C(=O)NC(C)(C2CC2)C1=O)c1c(N)n(Cc2ccccc2)c(=O)[nH]c1=O. The molecule has 0 radical (unpaired) electrons. The van der Waals surface area contributed by atoms with Gasteiger partial charge in [0.25, 0.3) is 11.5 Å². The van der Waals surface area contributed by atoms with Gasteiger partial charge in [0.2, 0.25) is 5.91 Å². The Morgan fingerprint density at radius 3 is 2.49 bits per heavy atom. The third-order valence-electron chi connectivity index (χ3n) is 6.69. The smallest absolute Gasteiger partial charge is 0.330 e. The van der Waals surface area contributed by atoms with Gasteiger partial charge in [-0.3, -0.25) is 28.8 Å². The van der Waals surface area contributed by atoms with Gasteiger partial charge in [0.1, 0.15) is 17.9 Å². The molecule has 11 nitrogen and oxygen atoms in total. The van der Waals surface area contributed by atoms with Crippen molar-refractivity contribution in [3.8, 4) is 0 Å². The number of amides is 4. The third-order valence-corrected chi connectivity index (χ3v) is 6.69. The number of nitrogen functional groups attached to an aromatic ring is 1. The fourth-order valence-electron chi connectivity index (χ4n) is 4.46. The van der Waals surface area contributed by atoms with Crippen LogP contribution in [0.5, 0.6) is 0 Å². The Morgan fingerprint density at radius 2 is 1.86 bits per heavy atom. The molecule has 1 aliphatic heterocycles. The van der Waals surface area contributed by atoms with Crippen molar-refractivity contribution in [1.82, 2.24) is 19.8 Å². The van der Waals surface area contributed by atoms with Gasteiger partial charge < -0.3 is 16.0 Å². The Kier molecular flexibility index (Phi) is 6.51. The number of carbonyl (C=O) groups excluding carboxylic acids is 3. The van der Waals surface area contributed by atoms with E-state index >= 15 is 0 Å². The molecule has 2 heterocycles. The number of rotatable bonds is 9. The van der Waals surface area contributed by atoms with Crippen molar-refractivity contribution in [2.24, 2.45) is 5.92 Å². The second-order valence-corrected chi connectivity index (χ2v) is 9.26. The Morgan fingerprint density at radius 1 is 1.17 bits per heavy atom. The summed E-state index contributed by atoms with van der Waals surface area (Å²) in [6.07, 6.45) is 2.93. The molecule has 0 bridgehead atoms. The van der Waals surface area contributed by atoms with Gasteiger partial charge in [-0.1, -0.05) is 43.7 Å². The number of H-pyrrole nitrogens is 1. The van der Waals surface area contributed by atoms with Crippen LogP contribution in [-0.4, -0.2) is 50.9 Å². The maximum absolute atomic E-state index is 13.4. The van der Waals surface area contributed by atoms with E-state index in [1.54, 1.807) is 6.92 Å². The topological polar surface area (TPSA) is 151 Å². The maximum atomic E-state index is 13.4. The first-order chi connectivity index (χ1) is 16.7. The molecule has 1 atom stereocenters. The zero-order valence-corrected chi connectivity index (χ0v) is 19.9. The molecular weight excluding hydrogens is 452 g/mol. The molecule has 1 aromatic heterocycles. The van der Waals surface area contributed by atoms with E-state index in [-0.39, 0.29) is 30.5 Å². The summed E-state index contributed by atoms with van der Waals surface area (Å²) < 4.78 is 1.19. The number of aromatic amines is 1. The van der Waals surface area contributed by atoms with Crippen LogP contribution in [0.2, 0.25) is 0 Å². The fourth-order valence-corrected chi connectivity index (χ4v) is 4.46. The number of unbranched alkanes of at least 4 members (excludes halogenated alkanes) is 1. The molecule has 1 saturated heterocycles. The zero-order valence-electron chi connectivity index (χ0n) is 19.9. The van der Waals surface area contributed by atoms with Gasteiger partial charge in [-0.25, -0.2) is 9.59 Å². The number of nitrogens with zero attached hydrogens (tertiary/aromatic N) is 3. The average Bonchev–Trinajstić information content (AvgIpc) is 3.65.